The molecule has 4 saturated carbocycles. The number of hydrogen-bond acceptors (Lipinski definition) is 1. The number of ether oxygens (including phenoxy) is 1. The Balaban J connectivity index is 1.35. The van der Waals surface area contributed by atoms with E-state index in [9.17, 15) is 0 Å². The van der Waals surface area contributed by atoms with Gasteiger partial charge in [0.15, 0.2) is 0 Å². The summed E-state index contributed by atoms with van der Waals surface area (Å²) in [5, 5.41) is 0. The number of hydrogen-bond donors (Lipinski definition) is 0. The van der Waals surface area contributed by atoms with Gasteiger partial charge in [-0.1, -0.05) is 47.5 Å². The first-order valence-electron chi connectivity index (χ1n) is 13.0. The molecule has 0 radical (unpaired) electrons. The van der Waals surface area contributed by atoms with Crippen molar-refractivity contribution >= 4 is 0 Å². The Kier molecular flexibility index (Phi) is 4.97. The monoisotopic (exact) mass is 386 g/mol. The van der Waals surface area contributed by atoms with E-state index in [4.69, 9.17) is 4.74 Å². The maximum absolute atomic E-state index is 6.82. The van der Waals surface area contributed by atoms with Crippen LogP contribution in [0.2, 0.25) is 0 Å². The summed E-state index contributed by atoms with van der Waals surface area (Å²) < 4.78 is 6.82. The van der Waals surface area contributed by atoms with Crippen molar-refractivity contribution in [3.05, 3.63) is 0 Å². The molecule has 160 valence electrons. The summed E-state index contributed by atoms with van der Waals surface area (Å²) in [7, 11) is 0. The Morgan fingerprint density at radius 1 is 0.929 bits per heavy atom. The predicted molar refractivity (Wildman–Crippen MR) is 117 cm³/mol. The van der Waals surface area contributed by atoms with Crippen LogP contribution in [-0.2, 0) is 4.74 Å². The van der Waals surface area contributed by atoms with E-state index in [1.807, 2.05) is 0 Å². The molecule has 0 aromatic heterocycles. The summed E-state index contributed by atoms with van der Waals surface area (Å²) in [6.45, 7) is 12.7. The zero-order valence-electron chi connectivity index (χ0n) is 19.4. The standard InChI is InChI=1S/C27H46O/c1-17(2)9-12-23-18(3)25-24(28-23)16-22-20-11-10-19-8-6-7-14-26(19,4)21(20)13-15-27(22,25)5/h17-25H,6-16H2,1-5H3/t18-,19-,20-,21+,22+,23-,24+,25+,26+,27+/m1/s1. The van der Waals surface area contributed by atoms with Crippen LogP contribution in [0.5, 0.6) is 0 Å². The van der Waals surface area contributed by atoms with E-state index in [0.29, 0.717) is 23.0 Å². The highest BCUT2D eigenvalue weighted by Gasteiger charge is 2.65. The van der Waals surface area contributed by atoms with Crippen LogP contribution >= 0.6 is 0 Å². The van der Waals surface area contributed by atoms with E-state index in [-0.39, 0.29) is 0 Å². The minimum Gasteiger partial charge on any atom is -0.374 e. The third-order valence-electron chi connectivity index (χ3n) is 11.2. The molecule has 1 heterocycles. The summed E-state index contributed by atoms with van der Waals surface area (Å²) in [4.78, 5) is 0. The van der Waals surface area contributed by atoms with Crippen molar-refractivity contribution in [2.24, 2.45) is 52.3 Å². The maximum atomic E-state index is 6.82. The zero-order chi connectivity index (χ0) is 19.7. The van der Waals surface area contributed by atoms with Crippen molar-refractivity contribution in [2.75, 3.05) is 0 Å². The molecule has 0 N–H and O–H groups in total. The highest BCUT2D eigenvalue weighted by molar-refractivity contribution is 5.13. The molecular formula is C27H46O. The van der Waals surface area contributed by atoms with Crippen LogP contribution in [-0.4, -0.2) is 12.2 Å². The van der Waals surface area contributed by atoms with Gasteiger partial charge in [0.2, 0.25) is 0 Å². The molecular weight excluding hydrogens is 340 g/mol. The zero-order valence-corrected chi connectivity index (χ0v) is 19.4. The average molecular weight is 387 g/mol. The second-order valence-corrected chi connectivity index (χ2v) is 12.8. The highest BCUT2D eigenvalue weighted by Crippen LogP contribution is 2.70. The second kappa shape index (κ2) is 7.00. The summed E-state index contributed by atoms with van der Waals surface area (Å²) in [6.07, 6.45) is 17.3. The first kappa shape index (κ1) is 19.9. The molecule has 5 fully saturated rings. The molecule has 1 aliphatic heterocycles. The van der Waals surface area contributed by atoms with Gasteiger partial charge < -0.3 is 4.74 Å². The Morgan fingerprint density at radius 3 is 2.54 bits per heavy atom. The Labute approximate surface area is 174 Å². The summed E-state index contributed by atoms with van der Waals surface area (Å²) >= 11 is 0. The van der Waals surface area contributed by atoms with Gasteiger partial charge in [0.05, 0.1) is 12.2 Å². The van der Waals surface area contributed by atoms with Gasteiger partial charge in [-0.2, -0.15) is 0 Å². The van der Waals surface area contributed by atoms with Crippen LogP contribution < -0.4 is 0 Å². The van der Waals surface area contributed by atoms with Gasteiger partial charge >= 0.3 is 0 Å². The van der Waals surface area contributed by atoms with Crippen LogP contribution in [0.25, 0.3) is 0 Å². The Morgan fingerprint density at radius 2 is 1.75 bits per heavy atom. The van der Waals surface area contributed by atoms with E-state index >= 15 is 0 Å². The van der Waals surface area contributed by atoms with Crippen molar-refractivity contribution in [1.82, 2.24) is 0 Å². The molecule has 10 atom stereocenters. The first-order valence-corrected chi connectivity index (χ1v) is 13.0. The summed E-state index contributed by atoms with van der Waals surface area (Å²) in [5.41, 5.74) is 1.24. The molecule has 0 amide bonds. The minimum atomic E-state index is 0.541. The third kappa shape index (κ3) is 2.80. The SMILES string of the molecule is CC(C)CC[C@H]1O[C@H]2C[C@H]3[C@@H]4CC[C@H]5CCCC[C@]5(C)[C@H]4CC[C@]3(C)[C@H]2[C@@H]1C. The Hall–Kier alpha value is -0.0400. The van der Waals surface area contributed by atoms with Crippen molar-refractivity contribution in [3.8, 4) is 0 Å². The van der Waals surface area contributed by atoms with Gasteiger partial charge in [0, 0.05) is 0 Å². The molecule has 0 aromatic carbocycles. The maximum Gasteiger partial charge on any atom is 0.0618 e. The van der Waals surface area contributed by atoms with Crippen LogP contribution in [0.4, 0.5) is 0 Å². The molecule has 4 aliphatic carbocycles. The normalized spacial score (nSPS) is 55.5. The lowest BCUT2D eigenvalue weighted by molar-refractivity contribution is -0.115. The minimum absolute atomic E-state index is 0.541. The molecule has 0 bridgehead atoms. The molecule has 1 saturated heterocycles. The van der Waals surface area contributed by atoms with Crippen molar-refractivity contribution in [2.45, 2.75) is 117 Å². The highest BCUT2D eigenvalue weighted by atomic mass is 16.5. The summed E-state index contributed by atoms with van der Waals surface area (Å²) in [5.74, 6) is 6.45. The molecule has 0 spiro atoms. The first-order chi connectivity index (χ1) is 13.3. The van der Waals surface area contributed by atoms with Gasteiger partial charge in [-0.05, 0) is 110 Å². The van der Waals surface area contributed by atoms with E-state index in [1.54, 1.807) is 0 Å². The van der Waals surface area contributed by atoms with Gasteiger partial charge in [-0.15, -0.1) is 0 Å². The van der Waals surface area contributed by atoms with Crippen molar-refractivity contribution < 1.29 is 4.74 Å². The fourth-order valence-electron chi connectivity index (χ4n) is 9.81. The molecule has 1 nitrogen and oxygen atoms in total. The molecule has 0 unspecified atom stereocenters. The van der Waals surface area contributed by atoms with Crippen LogP contribution in [0, 0.1) is 52.3 Å². The van der Waals surface area contributed by atoms with Crippen molar-refractivity contribution in [1.29, 1.82) is 0 Å². The quantitative estimate of drug-likeness (QED) is 0.488. The molecule has 28 heavy (non-hydrogen) atoms. The topological polar surface area (TPSA) is 9.23 Å². The summed E-state index contributed by atoms with van der Waals surface area (Å²) in [6, 6.07) is 0. The van der Waals surface area contributed by atoms with Crippen molar-refractivity contribution in [3.63, 3.8) is 0 Å². The third-order valence-corrected chi connectivity index (χ3v) is 11.2. The largest absolute Gasteiger partial charge is 0.374 e. The molecule has 0 aromatic rings. The average Bonchev–Trinajstić information content (AvgIpc) is 3.13. The number of fused-ring (bicyclic) bond motifs is 7. The predicted octanol–water partition coefficient (Wildman–Crippen LogP) is 7.49. The van der Waals surface area contributed by atoms with Crippen LogP contribution in [0.3, 0.4) is 0 Å². The van der Waals surface area contributed by atoms with E-state index in [2.05, 4.69) is 34.6 Å². The Bertz CT molecular complexity index is 583. The second-order valence-electron chi connectivity index (χ2n) is 12.8. The smallest absolute Gasteiger partial charge is 0.0618 e. The van der Waals surface area contributed by atoms with Gasteiger partial charge in [-0.25, -0.2) is 0 Å². The van der Waals surface area contributed by atoms with Crippen LogP contribution in [0.1, 0.15) is 105 Å². The molecule has 5 aliphatic rings. The fourth-order valence-corrected chi connectivity index (χ4v) is 9.81. The molecule has 1 heteroatoms. The van der Waals surface area contributed by atoms with E-state index in [0.717, 1.165) is 41.4 Å². The molecule has 5 rings (SSSR count). The lowest BCUT2D eigenvalue weighted by atomic mass is 9.44. The van der Waals surface area contributed by atoms with Gasteiger partial charge in [0.1, 0.15) is 0 Å². The van der Waals surface area contributed by atoms with Gasteiger partial charge in [0.25, 0.3) is 0 Å². The lowest BCUT2D eigenvalue weighted by Crippen LogP contribution is -2.53. The van der Waals surface area contributed by atoms with Gasteiger partial charge in [-0.3, -0.25) is 0 Å². The lowest BCUT2D eigenvalue weighted by Gasteiger charge is -2.60. The fraction of sp³-hybridized carbons (Fsp3) is 1.00. The van der Waals surface area contributed by atoms with Crippen LogP contribution in [0.15, 0.2) is 0 Å². The number of rotatable bonds is 3. The van der Waals surface area contributed by atoms with E-state index < -0.39 is 0 Å². The van der Waals surface area contributed by atoms with E-state index in [1.165, 1.54) is 70.6 Å².